The molecule has 3 heteroatoms. The van der Waals surface area contributed by atoms with E-state index in [4.69, 9.17) is 10.8 Å². The third-order valence-electron chi connectivity index (χ3n) is 2.48. The molecule has 0 fully saturated rings. The summed E-state index contributed by atoms with van der Waals surface area (Å²) >= 11 is 0. The molecule has 0 aromatic carbocycles. The predicted octanol–water partition coefficient (Wildman–Crippen LogP) is 3.11. The zero-order chi connectivity index (χ0) is 11.3. The number of hydrogen-bond donors (Lipinski definition) is 2. The van der Waals surface area contributed by atoms with Gasteiger partial charge in [0.15, 0.2) is 0 Å². The van der Waals surface area contributed by atoms with Crippen molar-refractivity contribution in [2.75, 3.05) is 0 Å². The molecule has 3 nitrogen and oxygen atoms in total. The first-order valence-electron chi connectivity index (χ1n) is 5.38. The Morgan fingerprint density at radius 3 is 1.79 bits per heavy atom. The lowest BCUT2D eigenvalue weighted by Crippen LogP contribution is -2.44. The number of amidine groups is 2. The standard InChI is InChI=1S/C11H23N3/c1-6-10(7-2)14(9(5)12)11(13)8(3)4/h8,10,12-13H,6-7H2,1-5H3. The van der Waals surface area contributed by atoms with Crippen LogP contribution in [0.2, 0.25) is 0 Å². The van der Waals surface area contributed by atoms with Crippen molar-refractivity contribution in [3.05, 3.63) is 0 Å². The Morgan fingerprint density at radius 1 is 1.14 bits per heavy atom. The smallest absolute Gasteiger partial charge is 0.104 e. The number of nitrogens with one attached hydrogen (secondary N) is 2. The Kier molecular flexibility index (Phi) is 5.43. The van der Waals surface area contributed by atoms with Crippen LogP contribution in [-0.4, -0.2) is 22.6 Å². The minimum atomic E-state index is 0.191. The third-order valence-corrected chi connectivity index (χ3v) is 2.48. The van der Waals surface area contributed by atoms with Crippen LogP contribution in [0.3, 0.4) is 0 Å². The fraction of sp³-hybridized carbons (Fsp3) is 0.818. The number of hydrogen-bond acceptors (Lipinski definition) is 2. The Balaban J connectivity index is 4.75. The minimum Gasteiger partial charge on any atom is -0.316 e. The molecule has 82 valence electrons. The SMILES string of the molecule is CCC(CC)N(C(C)=N)C(=N)C(C)C. The van der Waals surface area contributed by atoms with E-state index in [1.807, 2.05) is 18.7 Å². The summed E-state index contributed by atoms with van der Waals surface area (Å²) in [6.07, 6.45) is 1.98. The lowest BCUT2D eigenvalue weighted by Gasteiger charge is -2.33. The van der Waals surface area contributed by atoms with Crippen molar-refractivity contribution < 1.29 is 0 Å². The second-order valence-corrected chi connectivity index (χ2v) is 3.97. The van der Waals surface area contributed by atoms with Crippen LogP contribution in [0.15, 0.2) is 0 Å². The van der Waals surface area contributed by atoms with Gasteiger partial charge in [-0.3, -0.25) is 10.8 Å². The summed E-state index contributed by atoms with van der Waals surface area (Å²) in [4.78, 5) is 1.85. The first-order valence-corrected chi connectivity index (χ1v) is 5.38. The van der Waals surface area contributed by atoms with Crippen molar-refractivity contribution in [3.63, 3.8) is 0 Å². The second kappa shape index (κ2) is 5.78. The van der Waals surface area contributed by atoms with Crippen LogP contribution < -0.4 is 0 Å². The molecule has 0 aliphatic heterocycles. The highest BCUT2D eigenvalue weighted by Gasteiger charge is 2.21. The predicted molar refractivity (Wildman–Crippen MR) is 62.2 cm³/mol. The van der Waals surface area contributed by atoms with Crippen molar-refractivity contribution in [1.29, 1.82) is 10.8 Å². The highest BCUT2D eigenvalue weighted by molar-refractivity contribution is 5.98. The van der Waals surface area contributed by atoms with E-state index >= 15 is 0 Å². The minimum absolute atomic E-state index is 0.191. The lowest BCUT2D eigenvalue weighted by atomic mass is 10.1. The molecule has 0 spiro atoms. The number of rotatable bonds is 4. The van der Waals surface area contributed by atoms with Gasteiger partial charge in [-0.25, -0.2) is 0 Å². The van der Waals surface area contributed by atoms with Gasteiger partial charge >= 0.3 is 0 Å². The number of nitrogens with zero attached hydrogens (tertiary/aromatic N) is 1. The summed E-state index contributed by atoms with van der Waals surface area (Å²) < 4.78 is 0. The highest BCUT2D eigenvalue weighted by atomic mass is 15.2. The van der Waals surface area contributed by atoms with Crippen LogP contribution in [0.4, 0.5) is 0 Å². The Labute approximate surface area is 87.5 Å². The van der Waals surface area contributed by atoms with Crippen molar-refractivity contribution in [2.24, 2.45) is 5.92 Å². The van der Waals surface area contributed by atoms with Gasteiger partial charge in [0.25, 0.3) is 0 Å². The molecule has 0 radical (unpaired) electrons. The van der Waals surface area contributed by atoms with Gasteiger partial charge in [0.1, 0.15) is 5.84 Å². The van der Waals surface area contributed by atoms with Crippen molar-refractivity contribution >= 4 is 11.7 Å². The van der Waals surface area contributed by atoms with Crippen LogP contribution in [0.5, 0.6) is 0 Å². The van der Waals surface area contributed by atoms with Crippen molar-refractivity contribution in [3.8, 4) is 0 Å². The fourth-order valence-electron chi connectivity index (χ4n) is 1.58. The molecule has 0 aliphatic carbocycles. The van der Waals surface area contributed by atoms with Crippen LogP contribution >= 0.6 is 0 Å². The van der Waals surface area contributed by atoms with E-state index in [1.54, 1.807) is 6.92 Å². The topological polar surface area (TPSA) is 50.9 Å². The molecule has 0 bridgehead atoms. The fourth-order valence-corrected chi connectivity index (χ4v) is 1.58. The van der Waals surface area contributed by atoms with Crippen LogP contribution in [0.25, 0.3) is 0 Å². The average molecular weight is 197 g/mol. The first kappa shape index (κ1) is 13.1. The summed E-state index contributed by atoms with van der Waals surface area (Å²) in [6.45, 7) is 9.98. The Morgan fingerprint density at radius 2 is 1.57 bits per heavy atom. The summed E-state index contributed by atoms with van der Waals surface area (Å²) in [5.41, 5.74) is 0. The summed E-state index contributed by atoms with van der Waals surface area (Å²) in [7, 11) is 0. The largest absolute Gasteiger partial charge is 0.316 e. The summed E-state index contributed by atoms with van der Waals surface area (Å²) in [5.74, 6) is 1.24. The third kappa shape index (κ3) is 3.13. The molecule has 0 amide bonds. The van der Waals surface area contributed by atoms with Crippen molar-refractivity contribution in [2.45, 2.75) is 53.5 Å². The van der Waals surface area contributed by atoms with Crippen molar-refractivity contribution in [1.82, 2.24) is 4.90 Å². The van der Waals surface area contributed by atoms with Gasteiger partial charge in [0.2, 0.25) is 0 Å². The van der Waals surface area contributed by atoms with Gasteiger partial charge in [-0.2, -0.15) is 0 Å². The van der Waals surface area contributed by atoms with Gasteiger partial charge in [-0.15, -0.1) is 0 Å². The molecule has 0 heterocycles. The van der Waals surface area contributed by atoms with Gasteiger partial charge in [0.05, 0.1) is 5.84 Å². The lowest BCUT2D eigenvalue weighted by molar-refractivity contribution is 0.389. The monoisotopic (exact) mass is 197 g/mol. The maximum absolute atomic E-state index is 7.95. The van der Waals surface area contributed by atoms with Crippen LogP contribution in [-0.2, 0) is 0 Å². The highest BCUT2D eigenvalue weighted by Crippen LogP contribution is 2.13. The van der Waals surface area contributed by atoms with E-state index in [1.165, 1.54) is 0 Å². The van der Waals surface area contributed by atoms with E-state index in [2.05, 4.69) is 13.8 Å². The van der Waals surface area contributed by atoms with Crippen LogP contribution in [0.1, 0.15) is 47.5 Å². The first-order chi connectivity index (χ1) is 6.45. The zero-order valence-electron chi connectivity index (χ0n) is 10.0. The quantitative estimate of drug-likeness (QED) is 0.528. The van der Waals surface area contributed by atoms with Gasteiger partial charge in [0, 0.05) is 12.0 Å². The molecule has 0 unspecified atom stereocenters. The van der Waals surface area contributed by atoms with E-state index < -0.39 is 0 Å². The Bertz CT molecular complexity index is 205. The molecular formula is C11H23N3. The van der Waals surface area contributed by atoms with Gasteiger partial charge < -0.3 is 4.90 Å². The molecule has 0 aromatic heterocycles. The summed E-state index contributed by atoms with van der Waals surface area (Å²) in [6, 6.07) is 0.308. The van der Waals surface area contributed by atoms with Crippen LogP contribution in [0, 0.1) is 16.7 Å². The molecule has 0 atom stereocenters. The molecular weight excluding hydrogens is 174 g/mol. The molecule has 0 aliphatic rings. The molecule has 2 N–H and O–H groups in total. The molecule has 14 heavy (non-hydrogen) atoms. The molecule has 0 saturated heterocycles. The molecule has 0 aromatic rings. The van der Waals surface area contributed by atoms with Gasteiger partial charge in [-0.1, -0.05) is 27.7 Å². The Hall–Kier alpha value is -0.860. The van der Waals surface area contributed by atoms with E-state index in [0.29, 0.717) is 17.7 Å². The van der Waals surface area contributed by atoms with E-state index in [9.17, 15) is 0 Å². The maximum Gasteiger partial charge on any atom is 0.104 e. The summed E-state index contributed by atoms with van der Waals surface area (Å²) in [5, 5.41) is 15.7. The second-order valence-electron chi connectivity index (χ2n) is 3.97. The zero-order valence-corrected chi connectivity index (χ0v) is 10.0. The molecule has 0 saturated carbocycles. The normalized spacial score (nSPS) is 10.8. The average Bonchev–Trinajstić information content (AvgIpc) is 2.12. The maximum atomic E-state index is 7.95. The molecule has 0 rings (SSSR count). The van der Waals surface area contributed by atoms with Gasteiger partial charge in [-0.05, 0) is 19.8 Å². The van der Waals surface area contributed by atoms with E-state index in [0.717, 1.165) is 12.8 Å². The van der Waals surface area contributed by atoms with E-state index in [-0.39, 0.29) is 5.92 Å².